The number of rotatable bonds is 0. The van der Waals surface area contributed by atoms with E-state index in [1.807, 2.05) is 6.08 Å². The number of carbonyl (C=O) groups excluding carboxylic acids is 1. The fraction of sp³-hybridized carbons (Fsp3) is 0.556. The molecule has 4 aliphatic rings. The van der Waals surface area contributed by atoms with Crippen LogP contribution in [0.4, 0.5) is 0 Å². The lowest BCUT2D eigenvalue weighted by atomic mass is 9.55. The first-order valence-corrected chi connectivity index (χ1v) is 8.02. The van der Waals surface area contributed by atoms with Crippen molar-refractivity contribution in [3.8, 4) is 0 Å². The summed E-state index contributed by atoms with van der Waals surface area (Å²) in [4.78, 5) is 12.3. The van der Waals surface area contributed by atoms with Crippen molar-refractivity contribution in [2.24, 2.45) is 40.0 Å². The molecule has 2 saturated carbocycles. The highest BCUT2D eigenvalue weighted by atomic mass is 16.1. The molecule has 3 heteroatoms. The van der Waals surface area contributed by atoms with Crippen LogP contribution < -0.4 is 5.84 Å². The van der Waals surface area contributed by atoms with Gasteiger partial charge in [0, 0.05) is 17.8 Å². The smallest absolute Gasteiger partial charge is 0.139 e. The van der Waals surface area contributed by atoms with Crippen LogP contribution in [0.2, 0.25) is 0 Å². The molecule has 3 nitrogen and oxygen atoms in total. The number of nitrogens with zero attached hydrogens (tertiary/aromatic N) is 1. The minimum atomic E-state index is -0.0605. The van der Waals surface area contributed by atoms with Gasteiger partial charge in [-0.3, -0.25) is 4.79 Å². The summed E-state index contributed by atoms with van der Waals surface area (Å²) in [5, 5.41) is 3.79. The van der Waals surface area contributed by atoms with Crippen LogP contribution in [0.1, 0.15) is 32.6 Å². The van der Waals surface area contributed by atoms with Gasteiger partial charge in [0.1, 0.15) is 5.78 Å². The summed E-state index contributed by atoms with van der Waals surface area (Å²) in [7, 11) is 0. The largest absolute Gasteiger partial charge is 0.323 e. The number of hydrazone groups is 1. The average Bonchev–Trinajstić information content (AvgIpc) is 2.82. The van der Waals surface area contributed by atoms with Gasteiger partial charge in [-0.05, 0) is 54.7 Å². The van der Waals surface area contributed by atoms with Gasteiger partial charge in [0.05, 0.1) is 5.71 Å². The van der Waals surface area contributed by atoms with Gasteiger partial charge in [-0.15, -0.1) is 0 Å². The number of ketones is 1. The third-order valence-corrected chi connectivity index (χ3v) is 6.39. The van der Waals surface area contributed by atoms with E-state index in [1.165, 1.54) is 5.57 Å². The molecule has 0 aliphatic heterocycles. The van der Waals surface area contributed by atoms with Crippen molar-refractivity contribution in [2.75, 3.05) is 0 Å². The van der Waals surface area contributed by atoms with Gasteiger partial charge in [0.25, 0.3) is 0 Å². The zero-order valence-corrected chi connectivity index (χ0v) is 12.5. The molecule has 0 aromatic rings. The number of fused-ring (bicyclic) bond motifs is 5. The Kier molecular flexibility index (Phi) is 2.75. The highest BCUT2D eigenvalue weighted by Crippen LogP contribution is 2.58. The Morgan fingerprint density at radius 3 is 2.95 bits per heavy atom. The van der Waals surface area contributed by atoms with E-state index < -0.39 is 0 Å². The van der Waals surface area contributed by atoms with Crippen LogP contribution in [0.25, 0.3) is 0 Å². The van der Waals surface area contributed by atoms with Crippen LogP contribution in [0.5, 0.6) is 0 Å². The fourth-order valence-electron chi connectivity index (χ4n) is 5.17. The maximum atomic E-state index is 12.3. The van der Waals surface area contributed by atoms with Crippen LogP contribution in [-0.2, 0) is 4.79 Å². The van der Waals surface area contributed by atoms with E-state index in [0.29, 0.717) is 29.5 Å². The van der Waals surface area contributed by atoms with Gasteiger partial charge in [-0.2, -0.15) is 5.10 Å². The molecular weight excluding hydrogens is 260 g/mol. The molecule has 2 fully saturated rings. The van der Waals surface area contributed by atoms with Crippen LogP contribution in [-0.4, -0.2) is 11.5 Å². The Balaban J connectivity index is 1.71. The summed E-state index contributed by atoms with van der Waals surface area (Å²) >= 11 is 0. The summed E-state index contributed by atoms with van der Waals surface area (Å²) < 4.78 is 0. The zero-order chi connectivity index (χ0) is 14.6. The SMILES string of the molecule is C[C@]12CC[C@H]3[C@@H](C=CC4=C/C(=N/N)C=C[C@@H]43)[C@@H]1CCC2=O. The number of Topliss-reactive ketones (excluding diaryl/α,β-unsaturated/α-hetero) is 1. The predicted molar refractivity (Wildman–Crippen MR) is 83.5 cm³/mol. The van der Waals surface area contributed by atoms with Crippen LogP contribution in [0.3, 0.4) is 0 Å². The Morgan fingerprint density at radius 2 is 2.14 bits per heavy atom. The van der Waals surface area contributed by atoms with Gasteiger partial charge in [0.15, 0.2) is 0 Å². The van der Waals surface area contributed by atoms with Crippen molar-refractivity contribution in [2.45, 2.75) is 32.6 Å². The lowest BCUT2D eigenvalue weighted by Gasteiger charge is -2.48. The number of carbonyl (C=O) groups is 1. The molecule has 4 rings (SSSR count). The maximum Gasteiger partial charge on any atom is 0.139 e. The van der Waals surface area contributed by atoms with E-state index in [1.54, 1.807) is 0 Å². The maximum absolute atomic E-state index is 12.3. The molecule has 110 valence electrons. The van der Waals surface area contributed by atoms with Crippen molar-refractivity contribution >= 4 is 11.5 Å². The molecule has 0 spiro atoms. The summed E-state index contributed by atoms with van der Waals surface area (Å²) in [5.41, 5.74) is 2.12. The van der Waals surface area contributed by atoms with Crippen molar-refractivity contribution in [1.82, 2.24) is 0 Å². The highest BCUT2D eigenvalue weighted by molar-refractivity contribution is 6.05. The monoisotopic (exact) mass is 282 g/mol. The summed E-state index contributed by atoms with van der Waals surface area (Å²) in [6, 6.07) is 0. The van der Waals surface area contributed by atoms with E-state index in [0.717, 1.165) is 31.4 Å². The Morgan fingerprint density at radius 1 is 1.29 bits per heavy atom. The second kappa shape index (κ2) is 4.43. The molecule has 0 heterocycles. The van der Waals surface area contributed by atoms with E-state index >= 15 is 0 Å². The lowest BCUT2D eigenvalue weighted by molar-refractivity contribution is -0.129. The third-order valence-electron chi connectivity index (χ3n) is 6.39. The first kappa shape index (κ1) is 13.1. The summed E-state index contributed by atoms with van der Waals surface area (Å²) in [5.74, 6) is 8.10. The molecular formula is C18H22N2O. The van der Waals surface area contributed by atoms with Gasteiger partial charge in [-0.1, -0.05) is 25.2 Å². The number of hydrogen-bond donors (Lipinski definition) is 1. The van der Waals surface area contributed by atoms with Crippen molar-refractivity contribution < 1.29 is 4.79 Å². The minimum absolute atomic E-state index is 0.0605. The third kappa shape index (κ3) is 1.73. The Hall–Kier alpha value is -1.64. The first-order chi connectivity index (χ1) is 10.1. The molecule has 0 bridgehead atoms. The average molecular weight is 282 g/mol. The molecule has 0 radical (unpaired) electrons. The second-order valence-electron chi connectivity index (χ2n) is 7.21. The van der Waals surface area contributed by atoms with Crippen molar-refractivity contribution in [3.05, 3.63) is 36.0 Å². The van der Waals surface area contributed by atoms with Crippen LogP contribution in [0, 0.1) is 29.1 Å². The Labute approximate surface area is 125 Å². The summed E-state index contributed by atoms with van der Waals surface area (Å²) in [6.07, 6.45) is 15.1. The summed E-state index contributed by atoms with van der Waals surface area (Å²) in [6.45, 7) is 2.21. The van der Waals surface area contributed by atoms with E-state index in [4.69, 9.17) is 5.84 Å². The van der Waals surface area contributed by atoms with E-state index in [-0.39, 0.29) is 5.41 Å². The molecule has 21 heavy (non-hydrogen) atoms. The number of nitrogens with two attached hydrogens (primary N) is 1. The minimum Gasteiger partial charge on any atom is -0.323 e. The standard InChI is InChI=1S/C18H22N2O/c1-18-9-8-14-13-5-3-12(20-19)10-11(13)2-4-15(14)16(18)6-7-17(18)21/h2-5,10,13-16H,6-9,19H2,1H3/b20-12+/t13-,14+,15+,16-,18-/m0/s1. The topological polar surface area (TPSA) is 55.4 Å². The fourth-order valence-corrected chi connectivity index (χ4v) is 5.17. The first-order valence-electron chi connectivity index (χ1n) is 8.02. The normalized spacial score (nSPS) is 46.0. The predicted octanol–water partition coefficient (Wildman–Crippen LogP) is 2.99. The quantitative estimate of drug-likeness (QED) is 0.548. The van der Waals surface area contributed by atoms with Gasteiger partial charge >= 0.3 is 0 Å². The molecule has 0 aromatic heterocycles. The van der Waals surface area contributed by atoms with Crippen LogP contribution >= 0.6 is 0 Å². The molecule has 5 atom stereocenters. The highest BCUT2D eigenvalue weighted by Gasteiger charge is 2.54. The van der Waals surface area contributed by atoms with E-state index in [9.17, 15) is 4.79 Å². The number of allylic oxidation sites excluding steroid dienone is 6. The molecule has 0 aromatic carbocycles. The molecule has 0 unspecified atom stereocenters. The molecule has 4 aliphatic carbocycles. The molecule has 0 saturated heterocycles. The zero-order valence-electron chi connectivity index (χ0n) is 12.5. The molecule has 0 amide bonds. The van der Waals surface area contributed by atoms with Gasteiger partial charge in [0.2, 0.25) is 0 Å². The van der Waals surface area contributed by atoms with Crippen molar-refractivity contribution in [1.29, 1.82) is 0 Å². The lowest BCUT2D eigenvalue weighted by Crippen LogP contribution is -2.44. The van der Waals surface area contributed by atoms with Crippen molar-refractivity contribution in [3.63, 3.8) is 0 Å². The van der Waals surface area contributed by atoms with Crippen LogP contribution in [0.15, 0.2) is 41.1 Å². The van der Waals surface area contributed by atoms with E-state index in [2.05, 4.69) is 36.3 Å². The Bertz CT molecular complexity index is 613. The van der Waals surface area contributed by atoms with Gasteiger partial charge < -0.3 is 5.84 Å². The second-order valence-corrected chi connectivity index (χ2v) is 7.21. The molecule has 2 N–H and O–H groups in total. The van der Waals surface area contributed by atoms with Gasteiger partial charge in [-0.25, -0.2) is 0 Å². The number of hydrogen-bond acceptors (Lipinski definition) is 3.